The van der Waals surface area contributed by atoms with Gasteiger partial charge in [-0.3, -0.25) is 9.69 Å². The molecule has 0 aliphatic carbocycles. The van der Waals surface area contributed by atoms with E-state index in [-0.39, 0.29) is 18.2 Å². The minimum absolute atomic E-state index is 0.0795. The van der Waals surface area contributed by atoms with Gasteiger partial charge in [0.05, 0.1) is 18.2 Å². The average molecular weight is 472 g/mol. The Hall–Kier alpha value is -3.58. The Kier molecular flexibility index (Phi) is 7.55. The lowest BCUT2D eigenvalue weighted by Gasteiger charge is -2.32. The van der Waals surface area contributed by atoms with Crippen molar-refractivity contribution in [3.05, 3.63) is 54.1 Å². The summed E-state index contributed by atoms with van der Waals surface area (Å²) in [5.41, 5.74) is 2.43. The van der Waals surface area contributed by atoms with Gasteiger partial charge in [-0.05, 0) is 48.1 Å². The van der Waals surface area contributed by atoms with Crippen LogP contribution in [0.3, 0.4) is 0 Å². The standard InChI is InChI=1S/C23H25N3O6S/c1-33(30,31)32-20-11-9-17(10-12-20)16-5-7-18(8-6-16)19(14-24)15-25-22(27)21-4-2-3-13-26(21)23(28)29/h5-12,19,21H,2-4,13,15H2,1H3,(H,25,27)(H,28,29)/t19-,21?/m0/s1. The summed E-state index contributed by atoms with van der Waals surface area (Å²) in [5.74, 6) is -0.752. The van der Waals surface area contributed by atoms with E-state index in [1.807, 2.05) is 12.1 Å². The van der Waals surface area contributed by atoms with Crippen molar-refractivity contribution < 1.29 is 27.3 Å². The topological polar surface area (TPSA) is 137 Å². The SMILES string of the molecule is CS(=O)(=O)Oc1ccc(-c2ccc([C@@H](C#N)CNC(=O)C3CCCCN3C(=O)O)cc2)cc1. The molecule has 174 valence electrons. The highest BCUT2D eigenvalue weighted by molar-refractivity contribution is 7.86. The molecule has 1 fully saturated rings. The minimum atomic E-state index is -3.59. The highest BCUT2D eigenvalue weighted by Gasteiger charge is 2.32. The molecule has 0 bridgehead atoms. The largest absolute Gasteiger partial charge is 0.465 e. The fraction of sp³-hybridized carbons (Fsp3) is 0.348. The third kappa shape index (κ3) is 6.46. The van der Waals surface area contributed by atoms with Gasteiger partial charge >= 0.3 is 16.2 Å². The molecule has 9 nitrogen and oxygen atoms in total. The summed E-state index contributed by atoms with van der Waals surface area (Å²) < 4.78 is 27.3. The van der Waals surface area contributed by atoms with Crippen LogP contribution in [0.2, 0.25) is 0 Å². The first-order chi connectivity index (χ1) is 15.7. The van der Waals surface area contributed by atoms with Crippen molar-refractivity contribution in [3.63, 3.8) is 0 Å². The summed E-state index contributed by atoms with van der Waals surface area (Å²) in [5, 5.41) is 21.6. The van der Waals surface area contributed by atoms with Gasteiger partial charge in [0.2, 0.25) is 5.91 Å². The van der Waals surface area contributed by atoms with Crippen LogP contribution in [0, 0.1) is 11.3 Å². The Morgan fingerprint density at radius 3 is 2.30 bits per heavy atom. The van der Waals surface area contributed by atoms with Gasteiger partial charge in [-0.1, -0.05) is 36.4 Å². The fourth-order valence-electron chi connectivity index (χ4n) is 3.78. The number of piperidine rings is 1. The molecule has 33 heavy (non-hydrogen) atoms. The molecular formula is C23H25N3O6S. The molecule has 2 aromatic rings. The molecule has 0 saturated carbocycles. The van der Waals surface area contributed by atoms with Gasteiger partial charge in [0.15, 0.2) is 0 Å². The van der Waals surface area contributed by atoms with Gasteiger partial charge < -0.3 is 14.6 Å². The van der Waals surface area contributed by atoms with E-state index in [1.165, 1.54) is 0 Å². The van der Waals surface area contributed by atoms with Crippen LogP contribution in [0.4, 0.5) is 4.79 Å². The van der Waals surface area contributed by atoms with Gasteiger partial charge in [-0.2, -0.15) is 13.7 Å². The van der Waals surface area contributed by atoms with E-state index in [4.69, 9.17) is 4.18 Å². The summed E-state index contributed by atoms with van der Waals surface area (Å²) >= 11 is 0. The first-order valence-corrected chi connectivity index (χ1v) is 12.3. The van der Waals surface area contributed by atoms with Crippen molar-refractivity contribution >= 4 is 22.1 Å². The second-order valence-electron chi connectivity index (χ2n) is 7.85. The normalized spacial score (nSPS) is 17.0. The van der Waals surface area contributed by atoms with Crippen molar-refractivity contribution in [2.24, 2.45) is 0 Å². The molecule has 3 rings (SSSR count). The maximum absolute atomic E-state index is 12.5. The van der Waals surface area contributed by atoms with Crippen molar-refractivity contribution in [2.75, 3.05) is 19.3 Å². The first-order valence-electron chi connectivity index (χ1n) is 10.4. The van der Waals surface area contributed by atoms with E-state index in [9.17, 15) is 28.4 Å². The molecule has 2 atom stereocenters. The van der Waals surface area contributed by atoms with E-state index in [0.717, 1.165) is 40.7 Å². The molecule has 10 heteroatoms. The number of hydrogen-bond donors (Lipinski definition) is 2. The van der Waals surface area contributed by atoms with Gasteiger partial charge in [0.1, 0.15) is 11.8 Å². The Morgan fingerprint density at radius 2 is 1.76 bits per heavy atom. The fourth-order valence-corrected chi connectivity index (χ4v) is 4.24. The van der Waals surface area contributed by atoms with Crippen LogP contribution in [0.25, 0.3) is 11.1 Å². The molecule has 1 aliphatic rings. The quantitative estimate of drug-likeness (QED) is 0.592. The highest BCUT2D eigenvalue weighted by atomic mass is 32.2. The molecule has 1 saturated heterocycles. The monoisotopic (exact) mass is 471 g/mol. The Balaban J connectivity index is 1.63. The lowest BCUT2D eigenvalue weighted by Crippen LogP contribution is -2.52. The van der Waals surface area contributed by atoms with E-state index in [0.29, 0.717) is 13.0 Å². The molecule has 2 amide bonds. The number of carbonyl (C=O) groups excluding carboxylic acids is 1. The molecular weight excluding hydrogens is 446 g/mol. The first kappa shape index (κ1) is 24.1. The van der Waals surface area contributed by atoms with Gasteiger partial charge in [0, 0.05) is 13.1 Å². The molecule has 2 N–H and O–H groups in total. The smallest absolute Gasteiger partial charge is 0.407 e. The predicted octanol–water partition coefficient (Wildman–Crippen LogP) is 2.95. The van der Waals surface area contributed by atoms with Crippen LogP contribution in [-0.4, -0.2) is 55.8 Å². The number of nitrogens with zero attached hydrogens (tertiary/aromatic N) is 2. The second kappa shape index (κ2) is 10.4. The van der Waals surface area contributed by atoms with E-state index in [1.54, 1.807) is 36.4 Å². The lowest BCUT2D eigenvalue weighted by molar-refractivity contribution is -0.126. The highest BCUT2D eigenvalue weighted by Crippen LogP contribution is 2.25. The van der Waals surface area contributed by atoms with Gasteiger partial charge in [-0.25, -0.2) is 4.79 Å². The van der Waals surface area contributed by atoms with E-state index < -0.39 is 28.2 Å². The summed E-state index contributed by atoms with van der Waals surface area (Å²) in [7, 11) is -3.59. The van der Waals surface area contributed by atoms with Crippen LogP contribution in [0.1, 0.15) is 30.7 Å². The molecule has 1 unspecified atom stereocenters. The van der Waals surface area contributed by atoms with Crippen LogP contribution in [-0.2, 0) is 14.9 Å². The Morgan fingerprint density at radius 1 is 1.15 bits per heavy atom. The lowest BCUT2D eigenvalue weighted by atomic mass is 9.96. The van der Waals surface area contributed by atoms with Crippen molar-refractivity contribution in [2.45, 2.75) is 31.2 Å². The average Bonchev–Trinajstić information content (AvgIpc) is 2.79. The number of nitrogens with one attached hydrogen (secondary N) is 1. The molecule has 1 aliphatic heterocycles. The number of amides is 2. The third-order valence-corrected chi connectivity index (χ3v) is 5.93. The minimum Gasteiger partial charge on any atom is -0.465 e. The molecule has 0 aromatic heterocycles. The number of rotatable bonds is 7. The summed E-state index contributed by atoms with van der Waals surface area (Å²) in [4.78, 5) is 25.1. The summed E-state index contributed by atoms with van der Waals surface area (Å²) in [6.45, 7) is 0.411. The van der Waals surface area contributed by atoms with Crippen molar-refractivity contribution in [1.82, 2.24) is 10.2 Å². The van der Waals surface area contributed by atoms with Crippen molar-refractivity contribution in [1.29, 1.82) is 5.26 Å². The van der Waals surface area contributed by atoms with E-state index >= 15 is 0 Å². The van der Waals surface area contributed by atoms with Crippen LogP contribution < -0.4 is 9.50 Å². The number of benzene rings is 2. The molecule has 1 heterocycles. The van der Waals surface area contributed by atoms with Crippen LogP contribution in [0.15, 0.2) is 48.5 Å². The predicted molar refractivity (Wildman–Crippen MR) is 121 cm³/mol. The van der Waals surface area contributed by atoms with E-state index in [2.05, 4.69) is 11.4 Å². The van der Waals surface area contributed by atoms with Gasteiger partial charge in [0.25, 0.3) is 0 Å². The molecule has 2 aromatic carbocycles. The zero-order valence-corrected chi connectivity index (χ0v) is 18.9. The third-order valence-electron chi connectivity index (χ3n) is 5.44. The second-order valence-corrected chi connectivity index (χ2v) is 9.42. The van der Waals surface area contributed by atoms with Crippen LogP contribution >= 0.6 is 0 Å². The number of carbonyl (C=O) groups is 2. The Bertz CT molecular complexity index is 1140. The molecule has 0 radical (unpaired) electrons. The van der Waals surface area contributed by atoms with Crippen molar-refractivity contribution in [3.8, 4) is 22.9 Å². The maximum Gasteiger partial charge on any atom is 0.407 e. The molecule has 0 spiro atoms. The van der Waals surface area contributed by atoms with Gasteiger partial charge in [-0.15, -0.1) is 0 Å². The zero-order valence-electron chi connectivity index (χ0n) is 18.1. The number of carboxylic acid groups (broad SMARTS) is 1. The number of likely N-dealkylation sites (tertiary alicyclic amines) is 1. The number of nitriles is 1. The summed E-state index contributed by atoms with van der Waals surface area (Å²) in [6.07, 6.45) is 1.85. The Labute approximate surface area is 192 Å². The summed E-state index contributed by atoms with van der Waals surface area (Å²) in [6, 6.07) is 15.3. The van der Waals surface area contributed by atoms with Crippen LogP contribution in [0.5, 0.6) is 5.75 Å². The zero-order chi connectivity index (χ0) is 24.0. The number of hydrogen-bond acceptors (Lipinski definition) is 6. The maximum atomic E-state index is 12.5.